The normalized spacial score (nSPS) is 11.1. The number of anilines is 1. The van der Waals surface area contributed by atoms with E-state index in [1.807, 2.05) is 42.5 Å². The molecule has 5 rings (SSSR count). The summed E-state index contributed by atoms with van der Waals surface area (Å²) >= 11 is 1.80. The van der Waals surface area contributed by atoms with E-state index in [0.717, 1.165) is 46.0 Å². The Morgan fingerprint density at radius 1 is 0.865 bits per heavy atom. The minimum atomic E-state index is -0.0223. The molecule has 1 aromatic heterocycles. The van der Waals surface area contributed by atoms with E-state index in [0.29, 0.717) is 6.42 Å². The number of fused-ring (bicyclic) bond motifs is 1. The first-order valence-corrected chi connectivity index (χ1v) is 13.6. The van der Waals surface area contributed by atoms with Crippen LogP contribution in [0.4, 0.5) is 5.69 Å². The van der Waals surface area contributed by atoms with E-state index < -0.39 is 0 Å². The predicted octanol–water partition coefficient (Wildman–Crippen LogP) is 7.66. The lowest BCUT2D eigenvalue weighted by Crippen LogP contribution is -2.14. The van der Waals surface area contributed by atoms with E-state index in [2.05, 4.69) is 79.2 Å². The fourth-order valence-corrected chi connectivity index (χ4v) is 5.15. The third-order valence-corrected chi connectivity index (χ3v) is 7.47. The van der Waals surface area contributed by atoms with Crippen LogP contribution in [0.15, 0.2) is 95.9 Å². The van der Waals surface area contributed by atoms with Gasteiger partial charge >= 0.3 is 0 Å². The zero-order valence-corrected chi connectivity index (χ0v) is 22.3. The summed E-state index contributed by atoms with van der Waals surface area (Å²) in [7, 11) is 0. The number of rotatable bonds is 8. The molecule has 5 heteroatoms. The van der Waals surface area contributed by atoms with Crippen molar-refractivity contribution in [1.82, 2.24) is 9.55 Å². The fraction of sp³-hybridized carbons (Fsp3) is 0.188. The third-order valence-electron chi connectivity index (χ3n) is 6.57. The Balaban J connectivity index is 1.37. The molecule has 0 saturated heterocycles. The Morgan fingerprint density at radius 3 is 2.27 bits per heavy atom. The number of aromatic nitrogens is 2. The molecule has 1 heterocycles. The highest BCUT2D eigenvalue weighted by atomic mass is 32.2. The van der Waals surface area contributed by atoms with Crippen molar-refractivity contribution in [2.45, 2.75) is 38.6 Å². The van der Waals surface area contributed by atoms with E-state index in [-0.39, 0.29) is 5.91 Å². The summed E-state index contributed by atoms with van der Waals surface area (Å²) in [4.78, 5) is 18.9. The van der Waals surface area contributed by atoms with Crippen LogP contribution in [-0.4, -0.2) is 21.2 Å². The van der Waals surface area contributed by atoms with Crippen molar-refractivity contribution in [3.05, 3.63) is 113 Å². The topological polar surface area (TPSA) is 46.9 Å². The summed E-state index contributed by atoms with van der Waals surface area (Å²) in [6.07, 6.45) is 0.352. The van der Waals surface area contributed by atoms with Crippen molar-refractivity contribution in [3.63, 3.8) is 0 Å². The number of hydrogen-bond donors (Lipinski definition) is 1. The molecule has 0 aliphatic rings. The van der Waals surface area contributed by atoms with Gasteiger partial charge in [-0.05, 0) is 90.4 Å². The molecule has 186 valence electrons. The van der Waals surface area contributed by atoms with E-state index in [1.165, 1.54) is 21.6 Å². The molecular weight excluding hydrogens is 474 g/mol. The van der Waals surface area contributed by atoms with Crippen LogP contribution in [0, 0.1) is 13.8 Å². The molecule has 0 aliphatic carbocycles. The maximum Gasteiger partial charge on any atom is 0.228 e. The summed E-state index contributed by atoms with van der Waals surface area (Å²) in [5.41, 5.74) is 8.65. The first kappa shape index (κ1) is 24.8. The average Bonchev–Trinajstić information content (AvgIpc) is 3.23. The van der Waals surface area contributed by atoms with Crippen LogP contribution in [0.5, 0.6) is 0 Å². The second kappa shape index (κ2) is 11.1. The Hall–Kier alpha value is -3.83. The van der Waals surface area contributed by atoms with Crippen molar-refractivity contribution in [1.29, 1.82) is 0 Å². The van der Waals surface area contributed by atoms with Crippen LogP contribution in [0.2, 0.25) is 0 Å². The number of hydrogen-bond acceptors (Lipinski definition) is 3. The molecular formula is C32H31N3OS. The summed E-state index contributed by atoms with van der Waals surface area (Å²) < 4.78 is 2.28. The zero-order chi connectivity index (χ0) is 25.8. The van der Waals surface area contributed by atoms with Gasteiger partial charge in [0.1, 0.15) is 5.82 Å². The SMILES string of the molecule is CCSc1ccc(CC(=O)Nc2ccc(-c3nc4cc(C)c(C)cc4n3Cc3ccccc3)cc2)cc1. The van der Waals surface area contributed by atoms with E-state index in [1.54, 1.807) is 11.8 Å². The molecule has 0 fully saturated rings. The second-order valence-corrected chi connectivity index (χ2v) is 10.6. The minimum Gasteiger partial charge on any atom is -0.326 e. The lowest BCUT2D eigenvalue weighted by molar-refractivity contribution is -0.115. The molecule has 0 aliphatic heterocycles. The number of carbonyl (C=O) groups is 1. The first-order valence-electron chi connectivity index (χ1n) is 12.6. The monoisotopic (exact) mass is 505 g/mol. The molecule has 0 saturated carbocycles. The third kappa shape index (κ3) is 5.78. The van der Waals surface area contributed by atoms with Gasteiger partial charge in [0, 0.05) is 22.7 Å². The van der Waals surface area contributed by atoms with Crippen LogP contribution in [-0.2, 0) is 17.8 Å². The van der Waals surface area contributed by atoms with Gasteiger partial charge < -0.3 is 9.88 Å². The molecule has 0 atom stereocenters. The van der Waals surface area contributed by atoms with Crippen molar-refractivity contribution in [3.8, 4) is 11.4 Å². The van der Waals surface area contributed by atoms with Gasteiger partial charge in [-0.1, -0.05) is 49.4 Å². The standard InChI is InChI=1S/C32H31N3OS/c1-4-37-28-16-10-24(11-17-28)20-31(36)33-27-14-12-26(13-15-27)32-34-29-18-22(2)23(3)19-30(29)35(32)21-25-8-6-5-7-9-25/h5-19H,4,20-21H2,1-3H3,(H,33,36). The molecule has 0 spiro atoms. The minimum absolute atomic E-state index is 0.0223. The van der Waals surface area contributed by atoms with Crippen LogP contribution < -0.4 is 5.32 Å². The summed E-state index contributed by atoms with van der Waals surface area (Å²) in [6.45, 7) is 7.15. The van der Waals surface area contributed by atoms with Crippen molar-refractivity contribution < 1.29 is 4.79 Å². The summed E-state index contributed by atoms with van der Waals surface area (Å²) in [5.74, 6) is 1.94. The van der Waals surface area contributed by atoms with Gasteiger partial charge in [0.2, 0.25) is 5.91 Å². The van der Waals surface area contributed by atoms with Gasteiger partial charge in [0.05, 0.1) is 17.5 Å². The molecule has 1 amide bonds. The van der Waals surface area contributed by atoms with Gasteiger partial charge in [-0.3, -0.25) is 4.79 Å². The smallest absolute Gasteiger partial charge is 0.228 e. The highest BCUT2D eigenvalue weighted by molar-refractivity contribution is 7.99. The number of imidazole rings is 1. The molecule has 0 radical (unpaired) electrons. The molecule has 0 bridgehead atoms. The maximum atomic E-state index is 12.7. The Morgan fingerprint density at radius 2 is 1.57 bits per heavy atom. The molecule has 4 nitrogen and oxygen atoms in total. The Kier molecular flexibility index (Phi) is 7.42. The van der Waals surface area contributed by atoms with Crippen molar-refractivity contribution in [2.24, 2.45) is 0 Å². The average molecular weight is 506 g/mol. The van der Waals surface area contributed by atoms with Crippen LogP contribution in [0.3, 0.4) is 0 Å². The number of nitrogens with zero attached hydrogens (tertiary/aromatic N) is 2. The lowest BCUT2D eigenvalue weighted by atomic mass is 10.1. The number of benzene rings is 4. The highest BCUT2D eigenvalue weighted by Gasteiger charge is 2.15. The van der Waals surface area contributed by atoms with Gasteiger partial charge in [-0.15, -0.1) is 11.8 Å². The maximum absolute atomic E-state index is 12.7. The molecule has 4 aromatic carbocycles. The molecule has 37 heavy (non-hydrogen) atoms. The quantitative estimate of drug-likeness (QED) is 0.220. The van der Waals surface area contributed by atoms with Crippen molar-refractivity contribution in [2.75, 3.05) is 11.1 Å². The number of nitrogens with one attached hydrogen (secondary N) is 1. The Labute approximate surface area is 222 Å². The lowest BCUT2D eigenvalue weighted by Gasteiger charge is -2.11. The first-order chi connectivity index (χ1) is 18.0. The molecule has 1 N–H and O–H groups in total. The molecule has 0 unspecified atom stereocenters. The number of aryl methyl sites for hydroxylation is 2. The number of carbonyl (C=O) groups excluding carboxylic acids is 1. The van der Waals surface area contributed by atoms with Crippen LogP contribution >= 0.6 is 11.8 Å². The van der Waals surface area contributed by atoms with Gasteiger partial charge in [-0.2, -0.15) is 0 Å². The highest BCUT2D eigenvalue weighted by Crippen LogP contribution is 2.29. The van der Waals surface area contributed by atoms with Crippen LogP contribution in [0.25, 0.3) is 22.4 Å². The zero-order valence-electron chi connectivity index (χ0n) is 21.5. The van der Waals surface area contributed by atoms with Crippen LogP contribution in [0.1, 0.15) is 29.2 Å². The number of amides is 1. The fourth-order valence-electron chi connectivity index (χ4n) is 4.49. The van der Waals surface area contributed by atoms with E-state index in [9.17, 15) is 4.79 Å². The predicted molar refractivity (Wildman–Crippen MR) is 155 cm³/mol. The number of thioether (sulfide) groups is 1. The second-order valence-electron chi connectivity index (χ2n) is 9.31. The van der Waals surface area contributed by atoms with Crippen molar-refractivity contribution >= 4 is 34.4 Å². The largest absolute Gasteiger partial charge is 0.326 e. The molecule has 5 aromatic rings. The van der Waals surface area contributed by atoms with Gasteiger partial charge in [-0.25, -0.2) is 4.98 Å². The summed E-state index contributed by atoms with van der Waals surface area (Å²) in [5, 5.41) is 3.03. The Bertz CT molecular complexity index is 1520. The summed E-state index contributed by atoms with van der Waals surface area (Å²) in [6, 6.07) is 31.1. The van der Waals surface area contributed by atoms with Gasteiger partial charge in [0.25, 0.3) is 0 Å². The van der Waals surface area contributed by atoms with Gasteiger partial charge in [0.15, 0.2) is 0 Å². The van der Waals surface area contributed by atoms with E-state index in [4.69, 9.17) is 4.98 Å². The van der Waals surface area contributed by atoms with E-state index >= 15 is 0 Å².